The minimum atomic E-state index is -0.490. The summed E-state index contributed by atoms with van der Waals surface area (Å²) in [7, 11) is 0. The van der Waals surface area contributed by atoms with Gasteiger partial charge in [0.2, 0.25) is 0 Å². The molecule has 1 rings (SSSR count). The van der Waals surface area contributed by atoms with Crippen molar-refractivity contribution < 1.29 is 14.3 Å². The smallest absolute Gasteiger partial charge is 0.407 e. The Labute approximate surface area is 127 Å². The van der Waals surface area contributed by atoms with Crippen molar-refractivity contribution >= 4 is 6.09 Å². The first-order chi connectivity index (χ1) is 9.78. The van der Waals surface area contributed by atoms with Crippen LogP contribution < -0.4 is 5.32 Å². The number of hydrogen-bond donors (Lipinski definition) is 1. The molecule has 0 aliphatic carbocycles. The quantitative estimate of drug-likeness (QED) is 0.869. The average molecular weight is 293 g/mol. The molecule has 4 nitrogen and oxygen atoms in total. The van der Waals surface area contributed by atoms with Gasteiger partial charge in [0.15, 0.2) is 0 Å². The molecule has 1 amide bonds. The van der Waals surface area contributed by atoms with Crippen LogP contribution in [0.5, 0.6) is 0 Å². The number of carbonyl (C=O) groups is 1. The summed E-state index contributed by atoms with van der Waals surface area (Å²) in [6.45, 7) is 10.7. The Bertz CT molecular complexity index is 423. The van der Waals surface area contributed by atoms with Gasteiger partial charge in [-0.2, -0.15) is 0 Å². The van der Waals surface area contributed by atoms with Gasteiger partial charge in [0, 0.05) is 0 Å². The van der Waals surface area contributed by atoms with Crippen LogP contribution in [0.2, 0.25) is 0 Å². The fraction of sp³-hybridized carbons (Fsp3) is 0.588. The Kier molecular flexibility index (Phi) is 6.69. The van der Waals surface area contributed by atoms with E-state index in [0.29, 0.717) is 13.2 Å². The fourth-order valence-corrected chi connectivity index (χ4v) is 1.74. The van der Waals surface area contributed by atoms with Crippen LogP contribution in [0, 0.1) is 5.92 Å². The second-order valence-corrected chi connectivity index (χ2v) is 6.50. The third-order valence-corrected chi connectivity index (χ3v) is 2.92. The summed E-state index contributed by atoms with van der Waals surface area (Å²) >= 11 is 0. The lowest BCUT2D eigenvalue weighted by Crippen LogP contribution is -2.44. The Morgan fingerprint density at radius 2 is 1.81 bits per heavy atom. The van der Waals surface area contributed by atoms with Crippen molar-refractivity contribution in [3.05, 3.63) is 35.9 Å². The third-order valence-electron chi connectivity index (χ3n) is 2.92. The summed E-state index contributed by atoms with van der Waals surface area (Å²) in [6, 6.07) is 9.92. The standard InChI is InChI=1S/C17H27NO3/c1-13(2)15(18-16(19)21-17(3,4)5)12-20-11-14-9-7-6-8-10-14/h6-10,13,15H,11-12H2,1-5H3,(H,18,19)/t15-/m1/s1. The van der Waals surface area contributed by atoms with E-state index in [9.17, 15) is 4.79 Å². The van der Waals surface area contributed by atoms with E-state index < -0.39 is 11.7 Å². The highest BCUT2D eigenvalue weighted by atomic mass is 16.6. The van der Waals surface area contributed by atoms with Crippen LogP contribution in [0.1, 0.15) is 40.2 Å². The van der Waals surface area contributed by atoms with E-state index in [1.54, 1.807) is 0 Å². The second kappa shape index (κ2) is 8.03. The molecule has 1 aromatic carbocycles. The predicted molar refractivity (Wildman–Crippen MR) is 84.1 cm³/mol. The molecule has 1 N–H and O–H groups in total. The van der Waals surface area contributed by atoms with E-state index in [-0.39, 0.29) is 12.0 Å². The first-order valence-corrected chi connectivity index (χ1v) is 7.39. The molecule has 1 atom stereocenters. The molecule has 0 saturated heterocycles. The van der Waals surface area contributed by atoms with Gasteiger partial charge in [-0.15, -0.1) is 0 Å². The van der Waals surface area contributed by atoms with Crippen molar-refractivity contribution in [1.29, 1.82) is 0 Å². The summed E-state index contributed by atoms with van der Waals surface area (Å²) in [4.78, 5) is 11.8. The molecule has 0 heterocycles. The van der Waals surface area contributed by atoms with Gasteiger partial charge in [0.25, 0.3) is 0 Å². The summed E-state index contributed by atoms with van der Waals surface area (Å²) in [6.07, 6.45) is -0.399. The third kappa shape index (κ3) is 7.71. The largest absolute Gasteiger partial charge is 0.444 e. The van der Waals surface area contributed by atoms with Gasteiger partial charge < -0.3 is 14.8 Å². The second-order valence-electron chi connectivity index (χ2n) is 6.50. The molecule has 118 valence electrons. The SMILES string of the molecule is CC(C)[C@@H](COCc1ccccc1)NC(=O)OC(C)(C)C. The van der Waals surface area contributed by atoms with Gasteiger partial charge in [-0.25, -0.2) is 4.79 Å². The fourth-order valence-electron chi connectivity index (χ4n) is 1.74. The zero-order valence-corrected chi connectivity index (χ0v) is 13.7. The van der Waals surface area contributed by atoms with Crippen molar-refractivity contribution in [2.24, 2.45) is 5.92 Å². The highest BCUT2D eigenvalue weighted by molar-refractivity contribution is 5.68. The Balaban J connectivity index is 2.41. The van der Waals surface area contributed by atoms with E-state index in [0.717, 1.165) is 5.56 Å². The van der Waals surface area contributed by atoms with Gasteiger partial charge in [-0.05, 0) is 32.3 Å². The molecule has 0 fully saturated rings. The Hall–Kier alpha value is -1.55. The number of nitrogens with one attached hydrogen (secondary N) is 1. The summed E-state index contributed by atoms with van der Waals surface area (Å²) < 4.78 is 11.0. The van der Waals surface area contributed by atoms with Crippen molar-refractivity contribution in [2.75, 3.05) is 6.61 Å². The lowest BCUT2D eigenvalue weighted by Gasteiger charge is -2.25. The molecule has 0 spiro atoms. The van der Waals surface area contributed by atoms with Crippen molar-refractivity contribution in [3.8, 4) is 0 Å². The first-order valence-electron chi connectivity index (χ1n) is 7.39. The predicted octanol–water partition coefficient (Wildman–Crippen LogP) is 3.75. The molecular weight excluding hydrogens is 266 g/mol. The normalized spacial score (nSPS) is 13.0. The molecule has 4 heteroatoms. The van der Waals surface area contributed by atoms with Gasteiger partial charge >= 0.3 is 6.09 Å². The molecule has 0 unspecified atom stereocenters. The highest BCUT2D eigenvalue weighted by Crippen LogP contribution is 2.09. The van der Waals surface area contributed by atoms with Gasteiger partial charge in [0.1, 0.15) is 5.60 Å². The van der Waals surface area contributed by atoms with E-state index >= 15 is 0 Å². The van der Waals surface area contributed by atoms with Gasteiger partial charge in [0.05, 0.1) is 19.3 Å². The van der Waals surface area contributed by atoms with Crippen LogP contribution in [0.4, 0.5) is 4.79 Å². The maximum Gasteiger partial charge on any atom is 0.407 e. The lowest BCUT2D eigenvalue weighted by molar-refractivity contribution is 0.0388. The van der Waals surface area contributed by atoms with Crippen LogP contribution in [-0.4, -0.2) is 24.3 Å². The minimum absolute atomic E-state index is 0.0661. The molecule has 0 aliphatic heterocycles. The maximum atomic E-state index is 11.8. The van der Waals surface area contributed by atoms with E-state index in [1.165, 1.54) is 0 Å². The Morgan fingerprint density at radius 1 is 1.19 bits per heavy atom. The maximum absolute atomic E-state index is 11.8. The molecule has 0 saturated carbocycles. The van der Waals surface area contributed by atoms with Gasteiger partial charge in [-0.1, -0.05) is 44.2 Å². The summed E-state index contributed by atoms with van der Waals surface area (Å²) in [5, 5.41) is 2.87. The van der Waals surface area contributed by atoms with Gasteiger partial charge in [-0.3, -0.25) is 0 Å². The lowest BCUT2D eigenvalue weighted by atomic mass is 10.1. The zero-order valence-electron chi connectivity index (χ0n) is 13.7. The molecular formula is C17H27NO3. The van der Waals surface area contributed by atoms with Crippen LogP contribution in [-0.2, 0) is 16.1 Å². The molecule has 0 radical (unpaired) electrons. The molecule has 1 aromatic rings. The summed E-state index contributed by atoms with van der Waals surface area (Å²) in [5.74, 6) is 0.272. The minimum Gasteiger partial charge on any atom is -0.444 e. The first kappa shape index (κ1) is 17.5. The number of rotatable bonds is 6. The van der Waals surface area contributed by atoms with E-state index in [2.05, 4.69) is 5.32 Å². The molecule has 21 heavy (non-hydrogen) atoms. The number of alkyl carbamates (subject to hydrolysis) is 1. The number of hydrogen-bond acceptors (Lipinski definition) is 3. The number of ether oxygens (including phenoxy) is 2. The average Bonchev–Trinajstić information content (AvgIpc) is 2.36. The molecule has 0 aromatic heterocycles. The molecule has 0 aliphatic rings. The van der Waals surface area contributed by atoms with Crippen LogP contribution in [0.15, 0.2) is 30.3 Å². The number of carbonyl (C=O) groups excluding carboxylic acids is 1. The highest BCUT2D eigenvalue weighted by Gasteiger charge is 2.21. The number of benzene rings is 1. The van der Waals surface area contributed by atoms with Crippen molar-refractivity contribution in [3.63, 3.8) is 0 Å². The van der Waals surface area contributed by atoms with Crippen molar-refractivity contribution in [2.45, 2.75) is 52.9 Å². The summed E-state index contributed by atoms with van der Waals surface area (Å²) in [5.41, 5.74) is 0.633. The van der Waals surface area contributed by atoms with Crippen LogP contribution in [0.25, 0.3) is 0 Å². The van der Waals surface area contributed by atoms with Crippen LogP contribution in [0.3, 0.4) is 0 Å². The van der Waals surface area contributed by atoms with Crippen molar-refractivity contribution in [1.82, 2.24) is 5.32 Å². The Morgan fingerprint density at radius 3 is 2.33 bits per heavy atom. The molecule has 0 bridgehead atoms. The van der Waals surface area contributed by atoms with E-state index in [1.807, 2.05) is 65.0 Å². The zero-order chi connectivity index (χ0) is 15.9. The van der Waals surface area contributed by atoms with E-state index in [4.69, 9.17) is 9.47 Å². The monoisotopic (exact) mass is 293 g/mol. The van der Waals surface area contributed by atoms with Crippen LogP contribution >= 0.6 is 0 Å². The topological polar surface area (TPSA) is 47.6 Å². The number of amides is 1.